The second-order valence-electron chi connectivity index (χ2n) is 3.10. The quantitative estimate of drug-likeness (QED) is 0.540. The monoisotopic (exact) mass is 146 g/mol. The van der Waals surface area contributed by atoms with Gasteiger partial charge in [0, 0.05) is 0 Å². The Kier molecular flexibility index (Phi) is 2.28. The molecule has 10 heavy (non-hydrogen) atoms. The van der Waals surface area contributed by atoms with Crippen LogP contribution in [0.3, 0.4) is 0 Å². The van der Waals surface area contributed by atoms with E-state index in [2.05, 4.69) is 0 Å². The average Bonchev–Trinajstić information content (AvgIpc) is 2.65. The molecule has 1 heterocycles. The van der Waals surface area contributed by atoms with Crippen LogP contribution in [-0.4, -0.2) is 35.1 Å². The molecule has 0 radical (unpaired) electrons. The second-order valence-corrected chi connectivity index (χ2v) is 3.10. The normalized spacial score (nSPS) is 30.3. The zero-order chi connectivity index (χ0) is 7.72. The summed E-state index contributed by atoms with van der Waals surface area (Å²) in [5.41, 5.74) is 0. The van der Waals surface area contributed by atoms with E-state index in [0.717, 1.165) is 0 Å². The molecule has 0 bridgehead atoms. The predicted molar refractivity (Wildman–Crippen MR) is 36.6 cm³/mol. The van der Waals surface area contributed by atoms with Crippen LogP contribution >= 0.6 is 0 Å². The third-order valence-electron chi connectivity index (χ3n) is 1.77. The van der Waals surface area contributed by atoms with E-state index < -0.39 is 12.2 Å². The van der Waals surface area contributed by atoms with Gasteiger partial charge in [-0.2, -0.15) is 0 Å². The Bertz CT molecular complexity index is 103. The average molecular weight is 146 g/mol. The number of rotatable bonds is 3. The van der Waals surface area contributed by atoms with Crippen molar-refractivity contribution in [3.05, 3.63) is 0 Å². The Morgan fingerprint density at radius 1 is 1.40 bits per heavy atom. The van der Waals surface area contributed by atoms with E-state index >= 15 is 0 Å². The highest BCUT2D eigenvalue weighted by Gasteiger charge is 2.36. The molecule has 1 aliphatic heterocycles. The minimum Gasteiger partial charge on any atom is -0.390 e. The molecule has 3 nitrogen and oxygen atoms in total. The van der Waals surface area contributed by atoms with Crippen LogP contribution in [0.1, 0.15) is 13.8 Å². The molecule has 0 amide bonds. The topological polar surface area (TPSA) is 53.0 Å². The highest BCUT2D eigenvalue weighted by Crippen LogP contribution is 2.19. The smallest absolute Gasteiger partial charge is 0.109 e. The molecule has 0 unspecified atom stereocenters. The van der Waals surface area contributed by atoms with E-state index in [9.17, 15) is 10.2 Å². The van der Waals surface area contributed by atoms with E-state index in [1.807, 2.05) is 13.8 Å². The Morgan fingerprint density at radius 3 is 2.20 bits per heavy atom. The van der Waals surface area contributed by atoms with Crippen molar-refractivity contribution in [3.8, 4) is 0 Å². The van der Waals surface area contributed by atoms with Crippen LogP contribution in [-0.2, 0) is 4.74 Å². The first-order chi connectivity index (χ1) is 4.63. The summed E-state index contributed by atoms with van der Waals surface area (Å²) in [4.78, 5) is 0. The SMILES string of the molecule is CC(C)[C@H](O)[C@@H](O)[C@@H]1CO1. The van der Waals surface area contributed by atoms with Gasteiger partial charge in [-0.05, 0) is 5.92 Å². The summed E-state index contributed by atoms with van der Waals surface area (Å²) in [6.45, 7) is 4.33. The van der Waals surface area contributed by atoms with Crippen LogP contribution in [0.2, 0.25) is 0 Å². The fourth-order valence-electron chi connectivity index (χ4n) is 0.867. The van der Waals surface area contributed by atoms with Crippen molar-refractivity contribution < 1.29 is 14.9 Å². The minimum absolute atomic E-state index is 0.0965. The van der Waals surface area contributed by atoms with Crippen molar-refractivity contribution in [1.29, 1.82) is 0 Å². The maximum atomic E-state index is 9.28. The van der Waals surface area contributed by atoms with Gasteiger partial charge >= 0.3 is 0 Å². The van der Waals surface area contributed by atoms with E-state index in [1.54, 1.807) is 0 Å². The van der Waals surface area contributed by atoms with Gasteiger partial charge in [0.2, 0.25) is 0 Å². The van der Waals surface area contributed by atoms with Crippen molar-refractivity contribution in [3.63, 3.8) is 0 Å². The van der Waals surface area contributed by atoms with Crippen LogP contribution in [0, 0.1) is 5.92 Å². The number of hydrogen-bond acceptors (Lipinski definition) is 3. The van der Waals surface area contributed by atoms with Gasteiger partial charge in [0.1, 0.15) is 12.2 Å². The fraction of sp³-hybridized carbons (Fsp3) is 1.00. The van der Waals surface area contributed by atoms with E-state index in [1.165, 1.54) is 0 Å². The first-order valence-corrected chi connectivity index (χ1v) is 3.60. The molecule has 1 fully saturated rings. The second kappa shape index (κ2) is 2.86. The number of ether oxygens (including phenoxy) is 1. The summed E-state index contributed by atoms with van der Waals surface area (Å²) in [6.07, 6.45) is -1.45. The molecule has 0 spiro atoms. The summed E-state index contributed by atoms with van der Waals surface area (Å²) in [6, 6.07) is 0. The lowest BCUT2D eigenvalue weighted by atomic mass is 10.0. The van der Waals surface area contributed by atoms with E-state index in [4.69, 9.17) is 4.74 Å². The van der Waals surface area contributed by atoms with Gasteiger partial charge in [-0.1, -0.05) is 13.8 Å². The van der Waals surface area contributed by atoms with Gasteiger partial charge in [-0.15, -0.1) is 0 Å². The molecular weight excluding hydrogens is 132 g/mol. The maximum Gasteiger partial charge on any atom is 0.109 e. The highest BCUT2D eigenvalue weighted by atomic mass is 16.6. The van der Waals surface area contributed by atoms with Gasteiger partial charge in [-0.3, -0.25) is 0 Å². The van der Waals surface area contributed by atoms with Crippen molar-refractivity contribution >= 4 is 0 Å². The van der Waals surface area contributed by atoms with Crippen LogP contribution in [0.4, 0.5) is 0 Å². The molecule has 0 saturated carbocycles. The first kappa shape index (κ1) is 7.98. The zero-order valence-electron chi connectivity index (χ0n) is 6.32. The fourth-order valence-corrected chi connectivity index (χ4v) is 0.867. The molecule has 0 aliphatic carbocycles. The van der Waals surface area contributed by atoms with Crippen LogP contribution < -0.4 is 0 Å². The lowest BCUT2D eigenvalue weighted by molar-refractivity contribution is -0.0218. The van der Waals surface area contributed by atoms with Crippen molar-refractivity contribution in [2.75, 3.05) is 6.61 Å². The zero-order valence-corrected chi connectivity index (χ0v) is 6.32. The molecule has 3 atom stereocenters. The molecule has 3 heteroatoms. The van der Waals surface area contributed by atoms with Crippen LogP contribution in [0.5, 0.6) is 0 Å². The van der Waals surface area contributed by atoms with Gasteiger partial charge in [0.05, 0.1) is 12.7 Å². The summed E-state index contributed by atoms with van der Waals surface area (Å²) < 4.78 is 4.83. The molecule has 0 aromatic carbocycles. The minimum atomic E-state index is -0.694. The van der Waals surface area contributed by atoms with Crippen molar-refractivity contribution in [2.45, 2.75) is 32.2 Å². The summed E-state index contributed by atoms with van der Waals surface area (Å²) >= 11 is 0. The van der Waals surface area contributed by atoms with Crippen LogP contribution in [0.25, 0.3) is 0 Å². The Labute approximate surface area is 60.6 Å². The van der Waals surface area contributed by atoms with Gasteiger partial charge in [0.25, 0.3) is 0 Å². The summed E-state index contributed by atoms with van der Waals surface area (Å²) in [5, 5.41) is 18.5. The van der Waals surface area contributed by atoms with Crippen LogP contribution in [0.15, 0.2) is 0 Å². The lowest BCUT2D eigenvalue weighted by Crippen LogP contribution is -2.34. The third-order valence-corrected chi connectivity index (χ3v) is 1.77. The summed E-state index contributed by atoms with van der Waals surface area (Å²) in [5.74, 6) is 0.0965. The Balaban J connectivity index is 2.30. The van der Waals surface area contributed by atoms with Gasteiger partial charge in [0.15, 0.2) is 0 Å². The van der Waals surface area contributed by atoms with Gasteiger partial charge in [-0.25, -0.2) is 0 Å². The Morgan fingerprint density at radius 2 is 1.90 bits per heavy atom. The van der Waals surface area contributed by atoms with E-state index in [0.29, 0.717) is 6.61 Å². The van der Waals surface area contributed by atoms with E-state index in [-0.39, 0.29) is 12.0 Å². The predicted octanol–water partition coefficient (Wildman–Crippen LogP) is -0.237. The third kappa shape index (κ3) is 1.68. The molecule has 2 N–H and O–H groups in total. The van der Waals surface area contributed by atoms with Crippen molar-refractivity contribution in [1.82, 2.24) is 0 Å². The molecule has 0 aromatic heterocycles. The number of aliphatic hydroxyl groups excluding tert-OH is 2. The lowest BCUT2D eigenvalue weighted by Gasteiger charge is -2.18. The first-order valence-electron chi connectivity index (χ1n) is 3.60. The Hall–Kier alpha value is -0.120. The van der Waals surface area contributed by atoms with Crippen molar-refractivity contribution in [2.24, 2.45) is 5.92 Å². The molecule has 1 rings (SSSR count). The molecule has 1 aliphatic rings. The number of epoxide rings is 1. The molecule has 0 aromatic rings. The molecular formula is C7H14O3. The number of aliphatic hydroxyl groups is 2. The molecule has 60 valence electrons. The molecule has 1 saturated heterocycles. The maximum absolute atomic E-state index is 9.28. The number of hydrogen-bond donors (Lipinski definition) is 2. The van der Waals surface area contributed by atoms with Gasteiger partial charge < -0.3 is 14.9 Å². The highest BCUT2D eigenvalue weighted by molar-refractivity contribution is 4.84. The standard InChI is InChI=1S/C7H14O3/c1-4(2)6(8)7(9)5-3-10-5/h4-9H,3H2,1-2H3/t5-,6-,7-/m0/s1. The largest absolute Gasteiger partial charge is 0.390 e. The summed E-state index contributed by atoms with van der Waals surface area (Å²) in [7, 11) is 0.